The SMILES string of the molecule is CCCCn1nnnc1CN1CCC[C@@H]1Cn1cc(C)cn1. The number of unbranched alkanes of at least 4 members (excludes halogenated alkanes) is 1. The largest absolute Gasteiger partial charge is 0.291 e. The summed E-state index contributed by atoms with van der Waals surface area (Å²) in [5, 5.41) is 16.6. The Labute approximate surface area is 131 Å². The molecule has 3 heterocycles. The lowest BCUT2D eigenvalue weighted by molar-refractivity contribution is 0.210. The van der Waals surface area contributed by atoms with E-state index >= 15 is 0 Å². The van der Waals surface area contributed by atoms with Gasteiger partial charge in [0.2, 0.25) is 0 Å². The highest BCUT2D eigenvalue weighted by Gasteiger charge is 2.26. The van der Waals surface area contributed by atoms with Gasteiger partial charge in [0.1, 0.15) is 0 Å². The molecule has 1 saturated heterocycles. The summed E-state index contributed by atoms with van der Waals surface area (Å²) >= 11 is 0. The Bertz CT molecular complexity index is 588. The zero-order valence-corrected chi connectivity index (χ0v) is 13.5. The smallest absolute Gasteiger partial charge is 0.165 e. The molecule has 7 nitrogen and oxygen atoms in total. The number of aromatic nitrogens is 6. The van der Waals surface area contributed by atoms with Gasteiger partial charge in [-0.1, -0.05) is 13.3 Å². The Morgan fingerprint density at radius 3 is 3.05 bits per heavy atom. The van der Waals surface area contributed by atoms with Crippen LogP contribution in [-0.2, 0) is 19.6 Å². The molecule has 0 aliphatic carbocycles. The standard InChI is InChI=1S/C15H25N7/c1-3-4-8-22-15(17-18-19-22)12-20-7-5-6-14(20)11-21-10-13(2)9-16-21/h9-10,14H,3-8,11-12H2,1-2H3/t14-/m1/s1. The van der Waals surface area contributed by atoms with Crippen LogP contribution in [-0.4, -0.2) is 47.5 Å². The fourth-order valence-corrected chi connectivity index (χ4v) is 3.09. The maximum absolute atomic E-state index is 4.41. The van der Waals surface area contributed by atoms with E-state index in [4.69, 9.17) is 0 Å². The molecule has 0 spiro atoms. The number of hydrogen-bond donors (Lipinski definition) is 0. The Morgan fingerprint density at radius 2 is 2.27 bits per heavy atom. The average molecular weight is 303 g/mol. The maximum Gasteiger partial charge on any atom is 0.165 e. The normalized spacial score (nSPS) is 19.1. The molecule has 0 aromatic carbocycles. The van der Waals surface area contributed by atoms with Gasteiger partial charge >= 0.3 is 0 Å². The van der Waals surface area contributed by atoms with E-state index in [0.717, 1.165) is 44.8 Å². The van der Waals surface area contributed by atoms with Crippen molar-refractivity contribution in [3.8, 4) is 0 Å². The van der Waals surface area contributed by atoms with Crippen LogP contribution in [0.5, 0.6) is 0 Å². The minimum atomic E-state index is 0.524. The summed E-state index contributed by atoms with van der Waals surface area (Å²) in [5.41, 5.74) is 1.22. The van der Waals surface area contributed by atoms with Crippen molar-refractivity contribution >= 4 is 0 Å². The van der Waals surface area contributed by atoms with Crippen LogP contribution in [0.1, 0.15) is 44.0 Å². The van der Waals surface area contributed by atoms with Gasteiger partial charge in [-0.15, -0.1) is 5.10 Å². The Balaban J connectivity index is 1.62. The summed E-state index contributed by atoms with van der Waals surface area (Å²) < 4.78 is 4.01. The number of hydrogen-bond acceptors (Lipinski definition) is 5. The molecule has 2 aromatic heterocycles. The molecule has 1 atom stereocenters. The molecular formula is C15H25N7. The van der Waals surface area contributed by atoms with Crippen molar-refractivity contribution < 1.29 is 0 Å². The van der Waals surface area contributed by atoms with E-state index < -0.39 is 0 Å². The average Bonchev–Trinajstić information content (AvgIpc) is 3.21. The number of nitrogens with zero attached hydrogens (tertiary/aromatic N) is 7. The van der Waals surface area contributed by atoms with Crippen molar-refractivity contribution in [3.63, 3.8) is 0 Å². The quantitative estimate of drug-likeness (QED) is 0.778. The third-order valence-electron chi connectivity index (χ3n) is 4.33. The van der Waals surface area contributed by atoms with Crippen LogP contribution in [0.3, 0.4) is 0 Å². The van der Waals surface area contributed by atoms with E-state index in [1.54, 1.807) is 0 Å². The van der Waals surface area contributed by atoms with Crippen molar-refractivity contribution in [1.82, 2.24) is 34.9 Å². The Hall–Kier alpha value is -1.76. The third-order valence-corrected chi connectivity index (χ3v) is 4.33. The van der Waals surface area contributed by atoms with E-state index in [1.165, 1.54) is 18.4 Å². The summed E-state index contributed by atoms with van der Waals surface area (Å²) in [7, 11) is 0. The molecular weight excluding hydrogens is 278 g/mol. The summed E-state index contributed by atoms with van der Waals surface area (Å²) in [5.74, 6) is 0.983. The van der Waals surface area contributed by atoms with Crippen molar-refractivity contribution in [1.29, 1.82) is 0 Å². The Morgan fingerprint density at radius 1 is 1.36 bits per heavy atom. The molecule has 1 aliphatic rings. The van der Waals surface area contributed by atoms with Crippen molar-refractivity contribution in [2.24, 2.45) is 0 Å². The lowest BCUT2D eigenvalue weighted by Gasteiger charge is -2.23. The van der Waals surface area contributed by atoms with Crippen LogP contribution in [0.25, 0.3) is 0 Å². The number of rotatable bonds is 7. The summed E-state index contributed by atoms with van der Waals surface area (Å²) in [4.78, 5) is 2.49. The van der Waals surface area contributed by atoms with E-state index in [1.807, 2.05) is 10.9 Å². The third kappa shape index (κ3) is 3.52. The van der Waals surface area contributed by atoms with Gasteiger partial charge in [-0.2, -0.15) is 5.10 Å². The molecule has 0 unspecified atom stereocenters. The van der Waals surface area contributed by atoms with Crippen LogP contribution in [0, 0.1) is 6.92 Å². The summed E-state index contributed by atoms with van der Waals surface area (Å²) in [6.07, 6.45) is 8.77. The van der Waals surface area contributed by atoms with E-state index in [-0.39, 0.29) is 0 Å². The fourth-order valence-electron chi connectivity index (χ4n) is 3.09. The second-order valence-electron chi connectivity index (χ2n) is 6.18. The van der Waals surface area contributed by atoms with Crippen LogP contribution in [0.4, 0.5) is 0 Å². The van der Waals surface area contributed by atoms with E-state index in [2.05, 4.69) is 50.3 Å². The highest BCUT2D eigenvalue weighted by Crippen LogP contribution is 2.20. The van der Waals surface area contributed by atoms with Gasteiger partial charge in [0.05, 0.1) is 19.3 Å². The molecule has 0 bridgehead atoms. The van der Waals surface area contributed by atoms with Gasteiger partial charge in [-0.3, -0.25) is 9.58 Å². The summed E-state index contributed by atoms with van der Waals surface area (Å²) in [6.45, 7) is 8.08. The first kappa shape index (κ1) is 15.1. The highest BCUT2D eigenvalue weighted by atomic mass is 15.5. The molecule has 7 heteroatoms. The summed E-state index contributed by atoms with van der Waals surface area (Å²) in [6, 6.07) is 0.524. The second kappa shape index (κ2) is 7.00. The molecule has 2 aromatic rings. The van der Waals surface area contributed by atoms with Crippen LogP contribution < -0.4 is 0 Å². The van der Waals surface area contributed by atoms with Gasteiger partial charge in [0.15, 0.2) is 5.82 Å². The van der Waals surface area contributed by atoms with Crippen molar-refractivity contribution in [2.75, 3.05) is 6.54 Å². The van der Waals surface area contributed by atoms with Gasteiger partial charge in [0, 0.05) is 18.8 Å². The molecule has 22 heavy (non-hydrogen) atoms. The first-order chi connectivity index (χ1) is 10.8. The van der Waals surface area contributed by atoms with Crippen LogP contribution >= 0.6 is 0 Å². The van der Waals surface area contributed by atoms with Gasteiger partial charge in [-0.25, -0.2) is 4.68 Å². The lowest BCUT2D eigenvalue weighted by atomic mass is 10.2. The molecule has 0 N–H and O–H groups in total. The predicted octanol–water partition coefficient (Wildman–Crippen LogP) is 1.64. The monoisotopic (exact) mass is 303 g/mol. The van der Waals surface area contributed by atoms with Gasteiger partial charge < -0.3 is 0 Å². The molecule has 120 valence electrons. The van der Waals surface area contributed by atoms with Gasteiger partial charge in [-0.05, 0) is 48.7 Å². The molecule has 0 saturated carbocycles. The first-order valence-corrected chi connectivity index (χ1v) is 8.24. The first-order valence-electron chi connectivity index (χ1n) is 8.24. The zero-order chi connectivity index (χ0) is 15.4. The molecule has 1 aliphatic heterocycles. The number of likely N-dealkylation sites (tertiary alicyclic amines) is 1. The van der Waals surface area contributed by atoms with Crippen molar-refractivity contribution in [3.05, 3.63) is 23.8 Å². The minimum absolute atomic E-state index is 0.524. The topological polar surface area (TPSA) is 64.7 Å². The van der Waals surface area contributed by atoms with Crippen LogP contribution in [0.15, 0.2) is 12.4 Å². The van der Waals surface area contributed by atoms with E-state index in [0.29, 0.717) is 6.04 Å². The zero-order valence-electron chi connectivity index (χ0n) is 13.5. The lowest BCUT2D eigenvalue weighted by Crippen LogP contribution is -2.33. The highest BCUT2D eigenvalue weighted by molar-refractivity contribution is 5.00. The van der Waals surface area contributed by atoms with E-state index in [9.17, 15) is 0 Å². The second-order valence-corrected chi connectivity index (χ2v) is 6.18. The number of tetrazole rings is 1. The maximum atomic E-state index is 4.41. The minimum Gasteiger partial charge on any atom is -0.291 e. The molecule has 0 amide bonds. The van der Waals surface area contributed by atoms with Gasteiger partial charge in [0.25, 0.3) is 0 Å². The predicted molar refractivity (Wildman–Crippen MR) is 83.1 cm³/mol. The number of aryl methyl sites for hydroxylation is 2. The van der Waals surface area contributed by atoms with Crippen LogP contribution in [0.2, 0.25) is 0 Å². The molecule has 1 fully saturated rings. The fraction of sp³-hybridized carbons (Fsp3) is 0.733. The Kier molecular flexibility index (Phi) is 4.82. The van der Waals surface area contributed by atoms with Crippen molar-refractivity contribution in [2.45, 2.75) is 65.2 Å². The molecule has 0 radical (unpaired) electrons. The molecule has 3 rings (SSSR count).